The van der Waals surface area contributed by atoms with Crippen LogP contribution in [0.5, 0.6) is 0 Å². The van der Waals surface area contributed by atoms with Crippen molar-refractivity contribution in [3.05, 3.63) is 30.1 Å². The van der Waals surface area contributed by atoms with Crippen LogP contribution >= 0.6 is 0 Å². The third-order valence-corrected chi connectivity index (χ3v) is 3.15. The molecule has 0 saturated heterocycles. The molecule has 0 radical (unpaired) electrons. The van der Waals surface area contributed by atoms with Crippen molar-refractivity contribution in [1.82, 2.24) is 19.5 Å². The Bertz CT molecular complexity index is 588. The molecule has 6 nitrogen and oxygen atoms in total. The second kappa shape index (κ2) is 6.27. The van der Waals surface area contributed by atoms with Crippen molar-refractivity contribution in [3.63, 3.8) is 0 Å². The fraction of sp³-hybridized carbons (Fsp3) is 0.429. The first-order chi connectivity index (χ1) is 9.61. The summed E-state index contributed by atoms with van der Waals surface area (Å²) in [5.41, 5.74) is 2.57. The zero-order chi connectivity index (χ0) is 14.5. The minimum absolute atomic E-state index is 0.00199. The van der Waals surface area contributed by atoms with E-state index in [1.807, 2.05) is 18.4 Å². The van der Waals surface area contributed by atoms with E-state index in [1.54, 1.807) is 18.7 Å². The van der Waals surface area contributed by atoms with Gasteiger partial charge in [0.05, 0.1) is 23.8 Å². The van der Waals surface area contributed by atoms with E-state index in [2.05, 4.69) is 27.2 Å². The van der Waals surface area contributed by atoms with Crippen LogP contribution in [-0.2, 0) is 4.79 Å². The molecular weight excluding hydrogens is 254 g/mol. The van der Waals surface area contributed by atoms with E-state index in [9.17, 15) is 4.79 Å². The Hall–Kier alpha value is -2.24. The highest BCUT2D eigenvalue weighted by Gasteiger charge is 2.07. The van der Waals surface area contributed by atoms with Crippen LogP contribution < -0.4 is 5.32 Å². The molecule has 6 heteroatoms. The summed E-state index contributed by atoms with van der Waals surface area (Å²) in [5, 5.41) is 2.79. The van der Waals surface area contributed by atoms with Crippen LogP contribution in [0, 0.1) is 13.8 Å². The van der Waals surface area contributed by atoms with E-state index in [4.69, 9.17) is 0 Å². The summed E-state index contributed by atoms with van der Waals surface area (Å²) in [7, 11) is 0. The highest BCUT2D eigenvalue weighted by Crippen LogP contribution is 2.11. The average molecular weight is 273 g/mol. The van der Waals surface area contributed by atoms with Crippen LogP contribution in [0.4, 0.5) is 5.69 Å². The van der Waals surface area contributed by atoms with Crippen molar-refractivity contribution < 1.29 is 4.79 Å². The lowest BCUT2D eigenvalue weighted by Crippen LogP contribution is -2.12. The van der Waals surface area contributed by atoms with Crippen molar-refractivity contribution in [1.29, 1.82) is 0 Å². The smallest absolute Gasteiger partial charge is 0.235 e. The molecule has 2 aromatic heterocycles. The molecule has 1 N–H and O–H groups in total. The molecule has 2 rings (SSSR count). The number of nitrogens with one attached hydrogen (secondary N) is 1. The number of unbranched alkanes of at least 4 members (excludes halogenated alkanes) is 1. The molecule has 2 heterocycles. The maximum Gasteiger partial charge on any atom is 0.235 e. The van der Waals surface area contributed by atoms with E-state index in [1.165, 1.54) is 0 Å². The Morgan fingerprint density at radius 1 is 1.25 bits per heavy atom. The van der Waals surface area contributed by atoms with Gasteiger partial charge in [0, 0.05) is 12.1 Å². The SMILES string of the molecule is CCCCC(=O)Nc1cnc(-n2cnc(C)c2C)nc1. The fourth-order valence-electron chi connectivity index (χ4n) is 1.77. The molecule has 0 bridgehead atoms. The van der Waals surface area contributed by atoms with Gasteiger partial charge in [0.25, 0.3) is 0 Å². The predicted octanol–water partition coefficient (Wildman–Crippen LogP) is 2.41. The van der Waals surface area contributed by atoms with Gasteiger partial charge >= 0.3 is 0 Å². The van der Waals surface area contributed by atoms with Crippen molar-refractivity contribution in [2.45, 2.75) is 40.0 Å². The molecule has 20 heavy (non-hydrogen) atoms. The Labute approximate surface area is 118 Å². The molecule has 0 aliphatic rings. The second-order valence-electron chi connectivity index (χ2n) is 4.71. The number of aryl methyl sites for hydroxylation is 1. The number of carbonyl (C=O) groups excluding carboxylic acids is 1. The summed E-state index contributed by atoms with van der Waals surface area (Å²) in [5.74, 6) is 0.549. The Morgan fingerprint density at radius 2 is 1.95 bits per heavy atom. The molecule has 1 amide bonds. The number of anilines is 1. The molecule has 0 unspecified atom stereocenters. The molecule has 0 fully saturated rings. The number of rotatable bonds is 5. The summed E-state index contributed by atoms with van der Waals surface area (Å²) >= 11 is 0. The van der Waals surface area contributed by atoms with E-state index in [-0.39, 0.29) is 5.91 Å². The maximum atomic E-state index is 11.6. The molecule has 0 aromatic carbocycles. The number of aromatic nitrogens is 4. The van der Waals surface area contributed by atoms with Crippen molar-refractivity contribution in [3.8, 4) is 5.95 Å². The van der Waals surface area contributed by atoms with Crippen LogP contribution in [0.25, 0.3) is 5.95 Å². The van der Waals surface area contributed by atoms with Gasteiger partial charge in [-0.3, -0.25) is 9.36 Å². The molecule has 106 valence electrons. The summed E-state index contributed by atoms with van der Waals surface area (Å²) in [6.07, 6.45) is 7.33. The lowest BCUT2D eigenvalue weighted by atomic mass is 10.2. The third-order valence-electron chi connectivity index (χ3n) is 3.15. The van der Waals surface area contributed by atoms with Gasteiger partial charge in [-0.25, -0.2) is 15.0 Å². The van der Waals surface area contributed by atoms with Crippen molar-refractivity contribution in [2.24, 2.45) is 0 Å². The van der Waals surface area contributed by atoms with Gasteiger partial charge in [0.15, 0.2) is 0 Å². The Balaban J connectivity index is 2.07. The van der Waals surface area contributed by atoms with Gasteiger partial charge in [-0.2, -0.15) is 0 Å². The lowest BCUT2D eigenvalue weighted by molar-refractivity contribution is -0.116. The second-order valence-corrected chi connectivity index (χ2v) is 4.71. The molecule has 2 aromatic rings. The van der Waals surface area contributed by atoms with E-state index in [0.717, 1.165) is 24.2 Å². The third kappa shape index (κ3) is 3.20. The first-order valence-corrected chi connectivity index (χ1v) is 6.74. The number of imidazole rings is 1. The summed E-state index contributed by atoms with van der Waals surface area (Å²) in [6, 6.07) is 0. The standard InChI is InChI=1S/C14H19N5O/c1-4-5-6-13(20)18-12-7-15-14(16-8-12)19-9-17-10(2)11(19)3/h7-9H,4-6H2,1-3H3,(H,18,20). The minimum atomic E-state index is -0.00199. The number of hydrogen-bond acceptors (Lipinski definition) is 4. The highest BCUT2D eigenvalue weighted by molar-refractivity contribution is 5.90. The summed E-state index contributed by atoms with van der Waals surface area (Å²) in [4.78, 5) is 24.3. The minimum Gasteiger partial charge on any atom is -0.323 e. The van der Waals surface area contributed by atoms with Crippen LogP contribution in [-0.4, -0.2) is 25.4 Å². The van der Waals surface area contributed by atoms with Gasteiger partial charge in [-0.1, -0.05) is 13.3 Å². The quantitative estimate of drug-likeness (QED) is 0.908. The van der Waals surface area contributed by atoms with E-state index < -0.39 is 0 Å². The number of hydrogen-bond donors (Lipinski definition) is 1. The average Bonchev–Trinajstić information content (AvgIpc) is 2.78. The number of amides is 1. The van der Waals surface area contributed by atoms with Crippen LogP contribution in [0.1, 0.15) is 37.6 Å². The van der Waals surface area contributed by atoms with Gasteiger partial charge in [0.1, 0.15) is 6.33 Å². The van der Waals surface area contributed by atoms with Crippen molar-refractivity contribution >= 4 is 11.6 Å². The van der Waals surface area contributed by atoms with E-state index >= 15 is 0 Å². The number of nitrogens with zero attached hydrogens (tertiary/aromatic N) is 4. The van der Waals surface area contributed by atoms with Gasteiger partial charge < -0.3 is 5.32 Å². The largest absolute Gasteiger partial charge is 0.323 e. The normalized spacial score (nSPS) is 10.6. The zero-order valence-corrected chi connectivity index (χ0v) is 12.1. The molecule has 0 aliphatic carbocycles. The van der Waals surface area contributed by atoms with Gasteiger partial charge in [-0.05, 0) is 20.3 Å². The molecule has 0 saturated carbocycles. The molecular formula is C14H19N5O. The molecule has 0 atom stereocenters. The zero-order valence-electron chi connectivity index (χ0n) is 12.1. The highest BCUT2D eigenvalue weighted by atomic mass is 16.1. The first kappa shape index (κ1) is 14.2. The van der Waals surface area contributed by atoms with Crippen LogP contribution in [0.15, 0.2) is 18.7 Å². The lowest BCUT2D eigenvalue weighted by Gasteiger charge is -2.06. The van der Waals surface area contributed by atoms with Crippen molar-refractivity contribution in [2.75, 3.05) is 5.32 Å². The molecule has 0 aliphatic heterocycles. The van der Waals surface area contributed by atoms with Crippen LogP contribution in [0.2, 0.25) is 0 Å². The fourth-order valence-corrected chi connectivity index (χ4v) is 1.77. The summed E-state index contributed by atoms with van der Waals surface area (Å²) in [6.45, 7) is 5.96. The van der Waals surface area contributed by atoms with Gasteiger partial charge in [-0.15, -0.1) is 0 Å². The maximum absolute atomic E-state index is 11.6. The Kier molecular flexibility index (Phi) is 4.45. The van der Waals surface area contributed by atoms with Gasteiger partial charge in [0.2, 0.25) is 11.9 Å². The topological polar surface area (TPSA) is 72.7 Å². The van der Waals surface area contributed by atoms with Crippen LogP contribution in [0.3, 0.4) is 0 Å². The number of carbonyl (C=O) groups is 1. The monoisotopic (exact) mass is 273 g/mol. The molecule has 0 spiro atoms. The first-order valence-electron chi connectivity index (χ1n) is 6.74. The van der Waals surface area contributed by atoms with E-state index in [0.29, 0.717) is 18.1 Å². The Morgan fingerprint density at radius 3 is 2.50 bits per heavy atom. The predicted molar refractivity (Wildman–Crippen MR) is 76.8 cm³/mol. The summed E-state index contributed by atoms with van der Waals surface area (Å²) < 4.78 is 1.82.